The van der Waals surface area contributed by atoms with Crippen LogP contribution < -0.4 is 11.1 Å². The second-order valence-electron chi connectivity index (χ2n) is 4.58. The molecular weight excluding hydrogens is 376 g/mol. The number of carbonyl (C=O) groups is 2. The zero-order valence-electron chi connectivity index (χ0n) is 13.0. The highest BCUT2D eigenvalue weighted by atomic mass is 79.9. The lowest BCUT2D eigenvalue weighted by Gasteiger charge is -2.08. The molecule has 120 valence electrons. The molecule has 1 saturated heterocycles. The maximum atomic E-state index is 11.1. The van der Waals surface area contributed by atoms with Gasteiger partial charge in [0.15, 0.2) is 5.17 Å². The minimum absolute atomic E-state index is 0.0399. The molecule has 0 spiro atoms. The number of alkyl halides is 1. The highest BCUT2D eigenvalue weighted by Crippen LogP contribution is 2.30. The van der Waals surface area contributed by atoms with Crippen LogP contribution in [-0.2, 0) is 9.59 Å². The lowest BCUT2D eigenvalue weighted by Crippen LogP contribution is -2.30. The minimum Gasteiger partial charge on any atom is -0.333 e. The van der Waals surface area contributed by atoms with Gasteiger partial charge in [-0.1, -0.05) is 27.7 Å². The zero-order valence-corrected chi connectivity index (χ0v) is 16.2. The second kappa shape index (κ2) is 10.2. The molecule has 0 aromatic heterocycles. The van der Waals surface area contributed by atoms with E-state index in [0.717, 1.165) is 5.17 Å². The molecule has 6 nitrogen and oxygen atoms in total. The predicted molar refractivity (Wildman–Crippen MR) is 96.3 cm³/mol. The number of thiocarbonyl (C=S) groups is 1. The summed E-state index contributed by atoms with van der Waals surface area (Å²) in [7, 11) is 3.17. The van der Waals surface area contributed by atoms with Crippen molar-refractivity contribution in [2.75, 3.05) is 14.1 Å². The van der Waals surface area contributed by atoms with Crippen molar-refractivity contribution in [3.8, 4) is 0 Å². The summed E-state index contributed by atoms with van der Waals surface area (Å²) in [6.07, 6.45) is 0. The average Bonchev–Trinajstić information content (AvgIpc) is 2.66. The fraction of sp³-hybridized carbons (Fsp3) is 0.667. The molecule has 0 unspecified atom stereocenters. The minimum atomic E-state index is -0.612. The van der Waals surface area contributed by atoms with Gasteiger partial charge >= 0.3 is 0 Å². The quantitative estimate of drug-likeness (QED) is 0.401. The molecule has 0 aromatic rings. The molecular formula is C12H21BrN4O2S2. The van der Waals surface area contributed by atoms with Gasteiger partial charge in [-0.05, 0) is 47.0 Å². The summed E-state index contributed by atoms with van der Waals surface area (Å²) in [5, 5.41) is 5.39. The van der Waals surface area contributed by atoms with Crippen LogP contribution in [0.1, 0.15) is 27.7 Å². The molecule has 3 N–H and O–H groups in total. The molecule has 0 bridgehead atoms. The maximum absolute atomic E-state index is 11.1. The van der Waals surface area contributed by atoms with Crippen LogP contribution in [0, 0.1) is 0 Å². The van der Waals surface area contributed by atoms with Gasteiger partial charge in [-0.3, -0.25) is 14.6 Å². The van der Waals surface area contributed by atoms with E-state index in [9.17, 15) is 9.59 Å². The van der Waals surface area contributed by atoms with Crippen molar-refractivity contribution in [1.29, 1.82) is 0 Å². The Kier molecular flexibility index (Phi) is 11.0. The number of halogens is 1. The number of hydrogen-bond acceptors (Lipinski definition) is 6. The van der Waals surface area contributed by atoms with Gasteiger partial charge < -0.3 is 11.1 Å². The van der Waals surface area contributed by atoms with Crippen LogP contribution in [0.5, 0.6) is 0 Å². The Morgan fingerprint density at radius 3 is 2.10 bits per heavy atom. The Bertz CT molecular complexity index is 453. The third-order valence-corrected chi connectivity index (χ3v) is 3.58. The van der Waals surface area contributed by atoms with Gasteiger partial charge in [-0.25, -0.2) is 0 Å². The van der Waals surface area contributed by atoms with Gasteiger partial charge in [-0.2, -0.15) is 4.99 Å². The summed E-state index contributed by atoms with van der Waals surface area (Å²) in [5.74, 6) is -0.268. The molecule has 0 atom stereocenters. The van der Waals surface area contributed by atoms with Crippen molar-refractivity contribution in [1.82, 2.24) is 5.32 Å². The Hall–Kier alpha value is -0.600. The molecule has 1 aliphatic rings. The van der Waals surface area contributed by atoms with Crippen LogP contribution >= 0.6 is 39.9 Å². The number of nitrogens with two attached hydrogens (primary N) is 1. The monoisotopic (exact) mass is 396 g/mol. The van der Waals surface area contributed by atoms with Crippen LogP contribution in [0.2, 0.25) is 0 Å². The van der Waals surface area contributed by atoms with Gasteiger partial charge in [0.2, 0.25) is 5.91 Å². The summed E-state index contributed by atoms with van der Waals surface area (Å²) in [6, 6.07) is 0. The number of hydrogen-bond donors (Lipinski definition) is 2. The van der Waals surface area contributed by atoms with E-state index in [2.05, 4.69) is 49.2 Å². The number of amides is 2. The van der Waals surface area contributed by atoms with Crippen molar-refractivity contribution in [2.45, 2.75) is 36.8 Å². The third kappa shape index (κ3) is 9.10. The van der Waals surface area contributed by atoms with E-state index in [1.54, 1.807) is 20.9 Å². The SMILES string of the molecule is CC(C)(Br)C(=O)N=C=S.CN.CN=C1NC(=O)C(C)(C)S1. The van der Waals surface area contributed by atoms with E-state index < -0.39 is 4.32 Å². The predicted octanol–water partition coefficient (Wildman–Crippen LogP) is 1.98. The number of nitrogens with zero attached hydrogens (tertiary/aromatic N) is 2. The van der Waals surface area contributed by atoms with E-state index in [4.69, 9.17) is 0 Å². The molecule has 1 fully saturated rings. The first-order valence-corrected chi connectivity index (χ1v) is 7.92. The lowest BCUT2D eigenvalue weighted by molar-refractivity contribution is -0.121. The second-order valence-corrected chi connectivity index (χ2v) is 8.35. The fourth-order valence-corrected chi connectivity index (χ4v) is 1.87. The summed E-state index contributed by atoms with van der Waals surface area (Å²) in [6.45, 7) is 7.16. The van der Waals surface area contributed by atoms with E-state index in [0.29, 0.717) is 0 Å². The van der Waals surface area contributed by atoms with Crippen LogP contribution in [-0.4, -0.2) is 45.3 Å². The van der Waals surface area contributed by atoms with Crippen molar-refractivity contribution >= 4 is 62.1 Å². The van der Waals surface area contributed by atoms with E-state index >= 15 is 0 Å². The first kappa shape index (κ1) is 22.7. The van der Waals surface area contributed by atoms with Gasteiger partial charge in [0.1, 0.15) is 4.32 Å². The molecule has 0 saturated carbocycles. The Morgan fingerprint density at radius 2 is 1.95 bits per heavy atom. The molecule has 2 amide bonds. The van der Waals surface area contributed by atoms with Crippen LogP contribution in [0.15, 0.2) is 9.98 Å². The number of isothiocyanates is 1. The molecule has 1 aliphatic heterocycles. The number of thioether (sulfide) groups is 1. The number of carbonyl (C=O) groups excluding carboxylic acids is 2. The van der Waals surface area contributed by atoms with Crippen LogP contribution in [0.4, 0.5) is 0 Å². The Balaban J connectivity index is 0. The van der Waals surface area contributed by atoms with E-state index in [1.165, 1.54) is 18.8 Å². The number of nitrogens with one attached hydrogen (secondary N) is 1. The Morgan fingerprint density at radius 1 is 1.48 bits per heavy atom. The van der Waals surface area contributed by atoms with Crippen LogP contribution in [0.25, 0.3) is 0 Å². The van der Waals surface area contributed by atoms with Crippen molar-refractivity contribution in [3.63, 3.8) is 0 Å². The topological polar surface area (TPSA) is 96.9 Å². The molecule has 9 heteroatoms. The third-order valence-electron chi connectivity index (χ3n) is 1.98. The highest BCUT2D eigenvalue weighted by molar-refractivity contribution is 9.10. The summed E-state index contributed by atoms with van der Waals surface area (Å²) in [5.41, 5.74) is 4.50. The molecule has 0 radical (unpaired) electrons. The highest BCUT2D eigenvalue weighted by Gasteiger charge is 2.37. The average molecular weight is 397 g/mol. The van der Waals surface area contributed by atoms with Gasteiger partial charge in [0.05, 0.1) is 9.91 Å². The fourth-order valence-electron chi connectivity index (χ4n) is 0.837. The molecule has 0 aliphatic carbocycles. The lowest BCUT2D eigenvalue weighted by atomic mass is 10.2. The largest absolute Gasteiger partial charge is 0.333 e. The number of aliphatic imine (C=N–C) groups is 2. The molecule has 1 rings (SSSR count). The summed E-state index contributed by atoms with van der Waals surface area (Å²) >= 11 is 8.82. The standard InChI is InChI=1S/C6H10N2OS.C5H6BrNOS.CH5N/c1-6(2)4(9)8-5(7-3)10-6;1-5(2,6)4(8)7-3-9;1-2/h1-3H3,(H,7,8,9);1-2H3;2H2,1H3. The summed E-state index contributed by atoms with van der Waals surface area (Å²) in [4.78, 5) is 28.9. The van der Waals surface area contributed by atoms with Crippen molar-refractivity contribution < 1.29 is 9.59 Å². The van der Waals surface area contributed by atoms with Gasteiger partial charge in [0, 0.05) is 7.05 Å². The molecule has 21 heavy (non-hydrogen) atoms. The number of amidine groups is 1. The van der Waals surface area contributed by atoms with Crippen molar-refractivity contribution in [2.24, 2.45) is 15.7 Å². The van der Waals surface area contributed by atoms with Gasteiger partial charge in [-0.15, -0.1) is 0 Å². The first-order valence-electron chi connectivity index (χ1n) is 5.90. The zero-order chi connectivity index (χ0) is 17.3. The maximum Gasteiger partial charge on any atom is 0.270 e. The first-order chi connectivity index (χ1) is 9.54. The van der Waals surface area contributed by atoms with Crippen LogP contribution in [0.3, 0.4) is 0 Å². The van der Waals surface area contributed by atoms with E-state index in [1.807, 2.05) is 19.0 Å². The van der Waals surface area contributed by atoms with Gasteiger partial charge in [0.25, 0.3) is 5.91 Å². The van der Waals surface area contributed by atoms with E-state index in [-0.39, 0.29) is 16.6 Å². The summed E-state index contributed by atoms with van der Waals surface area (Å²) < 4.78 is -0.951. The normalized spacial score (nSPS) is 17.5. The van der Waals surface area contributed by atoms with Crippen molar-refractivity contribution in [3.05, 3.63) is 0 Å². The number of rotatable bonds is 1. The Labute approximate surface area is 143 Å². The molecule has 0 aromatic carbocycles. The molecule has 1 heterocycles. The smallest absolute Gasteiger partial charge is 0.270 e.